The molecule has 0 fully saturated rings. The number of aromatic nitrogens is 4. The smallest absolute Gasteiger partial charge is 0.273 e. The van der Waals surface area contributed by atoms with Gasteiger partial charge in [-0.2, -0.15) is 0 Å². The van der Waals surface area contributed by atoms with Crippen LogP contribution in [0.15, 0.2) is 15.5 Å². The number of nitrogens with zero attached hydrogens (tertiary/aromatic N) is 4. The Kier molecular flexibility index (Phi) is 3.61. The Morgan fingerprint density at radius 3 is 2.75 bits per heavy atom. The summed E-state index contributed by atoms with van der Waals surface area (Å²) in [6, 6.07) is 0. The number of thiazole rings is 2. The number of aryl methyl sites for hydroxylation is 2. The maximum absolute atomic E-state index is 12.4. The van der Waals surface area contributed by atoms with Crippen LogP contribution in [0.1, 0.15) is 15.6 Å². The molecule has 0 bridgehead atoms. The third kappa shape index (κ3) is 2.38. The van der Waals surface area contributed by atoms with Crippen molar-refractivity contribution in [2.45, 2.75) is 24.7 Å². The van der Waals surface area contributed by atoms with Crippen molar-refractivity contribution in [3.63, 3.8) is 0 Å². The van der Waals surface area contributed by atoms with E-state index < -0.39 is 0 Å². The predicted octanol–water partition coefficient (Wildman–Crippen LogP) is 2.70. The van der Waals surface area contributed by atoms with Crippen LogP contribution in [-0.2, 0) is 6.54 Å². The molecule has 3 aromatic rings. The zero-order valence-corrected chi connectivity index (χ0v) is 13.7. The quantitative estimate of drug-likeness (QED) is 0.693. The molecule has 0 radical (unpaired) electrons. The molecule has 3 heterocycles. The van der Waals surface area contributed by atoms with Crippen LogP contribution in [0.5, 0.6) is 0 Å². The van der Waals surface area contributed by atoms with Gasteiger partial charge in [-0.1, -0.05) is 11.8 Å². The molecule has 3 aromatic heterocycles. The van der Waals surface area contributed by atoms with Gasteiger partial charge in [-0.05, 0) is 20.1 Å². The van der Waals surface area contributed by atoms with Gasteiger partial charge in [0.05, 0.1) is 12.2 Å². The number of rotatable bonds is 3. The van der Waals surface area contributed by atoms with Gasteiger partial charge < -0.3 is 0 Å². The molecular formula is C12H12N4OS3. The van der Waals surface area contributed by atoms with Crippen molar-refractivity contribution >= 4 is 44.8 Å². The number of thioether (sulfide) groups is 1. The minimum Gasteiger partial charge on any atom is -0.291 e. The van der Waals surface area contributed by atoms with Crippen LogP contribution < -0.4 is 5.56 Å². The Morgan fingerprint density at radius 2 is 2.10 bits per heavy atom. The Bertz CT molecular complexity index is 813. The molecular weight excluding hydrogens is 312 g/mol. The second-order valence-corrected chi connectivity index (χ2v) is 7.60. The SMILES string of the molecule is CSc1nc2ncn(Cc3nc(C)c(C)s3)c(=O)c2s1. The van der Waals surface area contributed by atoms with Gasteiger partial charge in [0.25, 0.3) is 5.56 Å². The van der Waals surface area contributed by atoms with Crippen LogP contribution >= 0.6 is 34.4 Å². The molecule has 0 amide bonds. The highest BCUT2D eigenvalue weighted by Gasteiger charge is 2.12. The zero-order valence-electron chi connectivity index (χ0n) is 11.2. The van der Waals surface area contributed by atoms with Gasteiger partial charge in [-0.15, -0.1) is 22.7 Å². The van der Waals surface area contributed by atoms with E-state index in [1.54, 1.807) is 22.2 Å². The maximum Gasteiger partial charge on any atom is 0.273 e. The average Bonchev–Trinajstić information content (AvgIpc) is 2.98. The summed E-state index contributed by atoms with van der Waals surface area (Å²) in [6.07, 6.45) is 3.50. The first kappa shape index (κ1) is 13.7. The monoisotopic (exact) mass is 324 g/mol. The standard InChI is InChI=1S/C12H12N4OS3/c1-6-7(2)19-8(14-6)4-16-5-13-10-9(11(16)17)20-12(15-10)18-3/h5H,4H2,1-3H3. The molecule has 0 aliphatic rings. The molecule has 5 nitrogen and oxygen atoms in total. The number of fused-ring (bicyclic) bond motifs is 1. The molecule has 0 spiro atoms. The van der Waals surface area contributed by atoms with E-state index in [2.05, 4.69) is 15.0 Å². The van der Waals surface area contributed by atoms with Crippen LogP contribution in [0, 0.1) is 13.8 Å². The highest BCUT2D eigenvalue weighted by molar-refractivity contribution is 8.00. The molecule has 3 rings (SSSR count). The van der Waals surface area contributed by atoms with Crippen LogP contribution in [0.2, 0.25) is 0 Å². The topological polar surface area (TPSA) is 60.7 Å². The second kappa shape index (κ2) is 5.27. The lowest BCUT2D eigenvalue weighted by atomic mass is 10.4. The molecule has 20 heavy (non-hydrogen) atoms. The fourth-order valence-corrected chi connectivity index (χ4v) is 4.17. The van der Waals surface area contributed by atoms with Gasteiger partial charge in [0.15, 0.2) is 9.99 Å². The Balaban J connectivity index is 2.03. The van der Waals surface area contributed by atoms with E-state index in [1.165, 1.54) is 28.0 Å². The van der Waals surface area contributed by atoms with Crippen LogP contribution in [-0.4, -0.2) is 25.8 Å². The summed E-state index contributed by atoms with van der Waals surface area (Å²) < 4.78 is 3.08. The molecule has 0 aromatic carbocycles. The molecule has 0 aliphatic heterocycles. The fraction of sp³-hybridized carbons (Fsp3) is 0.333. The minimum absolute atomic E-state index is 0.0432. The van der Waals surface area contributed by atoms with Crippen molar-refractivity contribution in [1.82, 2.24) is 19.5 Å². The van der Waals surface area contributed by atoms with Crippen molar-refractivity contribution in [3.05, 3.63) is 32.3 Å². The van der Waals surface area contributed by atoms with Gasteiger partial charge in [-0.3, -0.25) is 9.36 Å². The summed E-state index contributed by atoms with van der Waals surface area (Å²) in [5, 5.41) is 0.929. The average molecular weight is 324 g/mol. The predicted molar refractivity (Wildman–Crippen MR) is 84.1 cm³/mol. The molecule has 0 aliphatic carbocycles. The van der Waals surface area contributed by atoms with Crippen LogP contribution in [0.4, 0.5) is 0 Å². The van der Waals surface area contributed by atoms with Crippen molar-refractivity contribution < 1.29 is 0 Å². The lowest BCUT2D eigenvalue weighted by Gasteiger charge is -2.01. The van der Waals surface area contributed by atoms with E-state index in [-0.39, 0.29) is 5.56 Å². The Labute approximate surface area is 127 Å². The molecule has 0 saturated heterocycles. The van der Waals surface area contributed by atoms with E-state index in [4.69, 9.17) is 0 Å². The van der Waals surface area contributed by atoms with Gasteiger partial charge in [0, 0.05) is 4.88 Å². The van der Waals surface area contributed by atoms with Crippen LogP contribution in [0.25, 0.3) is 10.3 Å². The zero-order chi connectivity index (χ0) is 14.3. The first-order valence-electron chi connectivity index (χ1n) is 5.91. The molecule has 104 valence electrons. The van der Waals surface area contributed by atoms with Crippen molar-refractivity contribution in [2.75, 3.05) is 6.26 Å². The first-order valence-corrected chi connectivity index (χ1v) is 8.77. The van der Waals surface area contributed by atoms with E-state index in [0.29, 0.717) is 16.9 Å². The number of hydrogen-bond acceptors (Lipinski definition) is 7. The maximum atomic E-state index is 12.4. The van der Waals surface area contributed by atoms with Crippen molar-refractivity contribution in [1.29, 1.82) is 0 Å². The van der Waals surface area contributed by atoms with E-state index in [1.807, 2.05) is 20.1 Å². The molecule has 0 unspecified atom stereocenters. The van der Waals surface area contributed by atoms with Gasteiger partial charge in [0.1, 0.15) is 16.0 Å². The highest BCUT2D eigenvalue weighted by atomic mass is 32.2. The van der Waals surface area contributed by atoms with Crippen molar-refractivity contribution in [2.24, 2.45) is 0 Å². The summed E-state index contributed by atoms with van der Waals surface area (Å²) in [7, 11) is 0. The van der Waals surface area contributed by atoms with E-state index in [0.717, 1.165) is 15.0 Å². The fourth-order valence-electron chi connectivity index (χ4n) is 1.78. The summed E-state index contributed by atoms with van der Waals surface area (Å²) >= 11 is 4.54. The Hall–Kier alpha value is -1.25. The van der Waals surface area contributed by atoms with E-state index in [9.17, 15) is 4.79 Å². The van der Waals surface area contributed by atoms with Gasteiger partial charge in [0.2, 0.25) is 0 Å². The molecule has 0 N–H and O–H groups in total. The summed E-state index contributed by atoms with van der Waals surface area (Å²) in [6.45, 7) is 4.48. The lowest BCUT2D eigenvalue weighted by Crippen LogP contribution is -2.20. The van der Waals surface area contributed by atoms with Gasteiger partial charge in [-0.25, -0.2) is 15.0 Å². The van der Waals surface area contributed by atoms with Crippen molar-refractivity contribution in [3.8, 4) is 0 Å². The summed E-state index contributed by atoms with van der Waals surface area (Å²) in [5.74, 6) is 0. The third-order valence-electron chi connectivity index (χ3n) is 2.92. The number of hydrogen-bond donors (Lipinski definition) is 0. The molecule has 0 saturated carbocycles. The first-order chi connectivity index (χ1) is 9.58. The van der Waals surface area contributed by atoms with Crippen LogP contribution in [0.3, 0.4) is 0 Å². The normalized spacial score (nSPS) is 11.3. The second-order valence-electron chi connectivity index (χ2n) is 4.26. The third-order valence-corrected chi connectivity index (χ3v) is 5.99. The summed E-state index contributed by atoms with van der Waals surface area (Å²) in [5.41, 5.74) is 1.51. The molecule has 8 heteroatoms. The largest absolute Gasteiger partial charge is 0.291 e. The van der Waals surface area contributed by atoms with Gasteiger partial charge >= 0.3 is 0 Å². The minimum atomic E-state index is -0.0432. The summed E-state index contributed by atoms with van der Waals surface area (Å²) in [4.78, 5) is 26.6. The Morgan fingerprint density at radius 1 is 1.30 bits per heavy atom. The highest BCUT2D eigenvalue weighted by Crippen LogP contribution is 2.24. The lowest BCUT2D eigenvalue weighted by molar-refractivity contribution is 0.741. The molecule has 0 atom stereocenters. The van der Waals surface area contributed by atoms with E-state index >= 15 is 0 Å².